The molecule has 2 aromatic rings. The Morgan fingerprint density at radius 3 is 1.90 bits per heavy atom. The summed E-state index contributed by atoms with van der Waals surface area (Å²) in [5.41, 5.74) is 7.62. The lowest BCUT2D eigenvalue weighted by Crippen LogP contribution is -2.29. The molecule has 0 aliphatic rings. The average Bonchev–Trinajstić information content (AvgIpc) is 2.52. The average molecular weight is 268 g/mol. The zero-order valence-electron chi connectivity index (χ0n) is 11.5. The van der Waals surface area contributed by atoms with Gasteiger partial charge in [0.2, 0.25) is 5.91 Å². The largest absolute Gasteiger partial charge is 0.345 e. The van der Waals surface area contributed by atoms with E-state index in [0.717, 1.165) is 11.1 Å². The van der Waals surface area contributed by atoms with Gasteiger partial charge in [-0.15, -0.1) is 0 Å². The molecule has 104 valence electrons. The van der Waals surface area contributed by atoms with E-state index in [1.807, 2.05) is 60.7 Å². The molecule has 0 saturated carbocycles. The Hall–Kier alpha value is -2.13. The van der Waals surface area contributed by atoms with Crippen molar-refractivity contribution in [1.29, 1.82) is 0 Å². The normalized spacial score (nSPS) is 10.5. The van der Waals surface area contributed by atoms with Crippen molar-refractivity contribution in [1.82, 2.24) is 5.32 Å². The van der Waals surface area contributed by atoms with Crippen molar-refractivity contribution in [3.8, 4) is 0 Å². The second-order valence-electron chi connectivity index (χ2n) is 4.71. The van der Waals surface area contributed by atoms with Crippen molar-refractivity contribution in [2.75, 3.05) is 6.54 Å². The van der Waals surface area contributed by atoms with Crippen LogP contribution in [0, 0.1) is 0 Å². The number of carbonyl (C=O) groups excluding carboxylic acids is 1. The predicted octanol–water partition coefficient (Wildman–Crippen LogP) is 2.63. The standard InChI is InChI=1S/C17H20N2O/c18-13-7-12-16(20)19-17(14-8-3-1-4-9-14)15-10-5-2-6-11-15/h1-6,8-11,17H,7,12-13,18H2,(H,19,20). The summed E-state index contributed by atoms with van der Waals surface area (Å²) >= 11 is 0. The summed E-state index contributed by atoms with van der Waals surface area (Å²) in [6.45, 7) is 0.536. The lowest BCUT2D eigenvalue weighted by Gasteiger charge is -2.19. The van der Waals surface area contributed by atoms with Crippen molar-refractivity contribution in [2.45, 2.75) is 18.9 Å². The van der Waals surface area contributed by atoms with Crippen molar-refractivity contribution in [3.63, 3.8) is 0 Å². The molecule has 1 amide bonds. The van der Waals surface area contributed by atoms with Gasteiger partial charge in [0, 0.05) is 6.42 Å². The fraction of sp³-hybridized carbons (Fsp3) is 0.235. The van der Waals surface area contributed by atoms with Crippen LogP contribution in [-0.4, -0.2) is 12.5 Å². The molecule has 0 radical (unpaired) electrons. The van der Waals surface area contributed by atoms with Gasteiger partial charge < -0.3 is 11.1 Å². The lowest BCUT2D eigenvalue weighted by atomic mass is 9.98. The molecule has 0 aromatic heterocycles. The number of hydrogen-bond donors (Lipinski definition) is 2. The number of rotatable bonds is 6. The molecule has 0 unspecified atom stereocenters. The van der Waals surface area contributed by atoms with Gasteiger partial charge in [-0.05, 0) is 24.1 Å². The van der Waals surface area contributed by atoms with Crippen LogP contribution in [0.15, 0.2) is 60.7 Å². The molecule has 0 spiro atoms. The summed E-state index contributed by atoms with van der Waals surface area (Å²) in [5, 5.41) is 3.09. The van der Waals surface area contributed by atoms with Gasteiger partial charge in [-0.25, -0.2) is 0 Å². The van der Waals surface area contributed by atoms with Gasteiger partial charge in [-0.1, -0.05) is 60.7 Å². The fourth-order valence-corrected chi connectivity index (χ4v) is 2.15. The van der Waals surface area contributed by atoms with Crippen LogP contribution in [0.25, 0.3) is 0 Å². The summed E-state index contributed by atoms with van der Waals surface area (Å²) in [6, 6.07) is 19.9. The Labute approximate surface area is 119 Å². The highest BCUT2D eigenvalue weighted by molar-refractivity contribution is 5.77. The van der Waals surface area contributed by atoms with E-state index in [-0.39, 0.29) is 11.9 Å². The first-order chi connectivity index (χ1) is 9.81. The predicted molar refractivity (Wildman–Crippen MR) is 81.2 cm³/mol. The molecule has 0 bridgehead atoms. The second kappa shape index (κ2) is 7.46. The van der Waals surface area contributed by atoms with E-state index in [9.17, 15) is 4.79 Å². The Kier molecular flexibility index (Phi) is 5.33. The Morgan fingerprint density at radius 2 is 1.45 bits per heavy atom. The fourth-order valence-electron chi connectivity index (χ4n) is 2.15. The molecular formula is C17H20N2O. The molecule has 3 N–H and O–H groups in total. The first kappa shape index (κ1) is 14.3. The molecule has 3 nitrogen and oxygen atoms in total. The Bertz CT molecular complexity index is 486. The third-order valence-corrected chi connectivity index (χ3v) is 3.18. The zero-order chi connectivity index (χ0) is 14.2. The summed E-state index contributed by atoms with van der Waals surface area (Å²) < 4.78 is 0. The van der Waals surface area contributed by atoms with Crippen LogP contribution < -0.4 is 11.1 Å². The van der Waals surface area contributed by atoms with E-state index < -0.39 is 0 Å². The van der Waals surface area contributed by atoms with Crippen molar-refractivity contribution in [3.05, 3.63) is 71.8 Å². The van der Waals surface area contributed by atoms with E-state index in [2.05, 4.69) is 5.32 Å². The van der Waals surface area contributed by atoms with Crippen LogP contribution in [-0.2, 0) is 4.79 Å². The molecule has 0 fully saturated rings. The number of carbonyl (C=O) groups is 1. The summed E-state index contributed by atoms with van der Waals surface area (Å²) in [6.07, 6.45) is 1.18. The quantitative estimate of drug-likeness (QED) is 0.846. The SMILES string of the molecule is NCCCC(=O)NC(c1ccccc1)c1ccccc1. The molecule has 0 aliphatic heterocycles. The molecule has 20 heavy (non-hydrogen) atoms. The summed E-state index contributed by atoms with van der Waals surface area (Å²) in [7, 11) is 0. The van der Waals surface area contributed by atoms with Gasteiger partial charge in [0.25, 0.3) is 0 Å². The van der Waals surface area contributed by atoms with Crippen LogP contribution in [0.2, 0.25) is 0 Å². The third kappa shape index (κ3) is 3.93. The van der Waals surface area contributed by atoms with E-state index >= 15 is 0 Å². The molecule has 0 saturated heterocycles. The van der Waals surface area contributed by atoms with Gasteiger partial charge in [0.1, 0.15) is 0 Å². The molecule has 2 rings (SSSR count). The maximum absolute atomic E-state index is 12.0. The highest BCUT2D eigenvalue weighted by Gasteiger charge is 2.15. The van der Waals surface area contributed by atoms with E-state index in [1.165, 1.54) is 0 Å². The first-order valence-corrected chi connectivity index (χ1v) is 6.90. The van der Waals surface area contributed by atoms with E-state index in [1.54, 1.807) is 0 Å². The Balaban J connectivity index is 2.19. The smallest absolute Gasteiger partial charge is 0.220 e. The number of amides is 1. The highest BCUT2D eigenvalue weighted by atomic mass is 16.1. The molecule has 2 aromatic carbocycles. The van der Waals surface area contributed by atoms with Gasteiger partial charge in [-0.3, -0.25) is 4.79 Å². The number of hydrogen-bond acceptors (Lipinski definition) is 2. The monoisotopic (exact) mass is 268 g/mol. The van der Waals surface area contributed by atoms with Gasteiger partial charge in [0.15, 0.2) is 0 Å². The van der Waals surface area contributed by atoms with Gasteiger partial charge >= 0.3 is 0 Å². The van der Waals surface area contributed by atoms with E-state index in [0.29, 0.717) is 19.4 Å². The van der Waals surface area contributed by atoms with Crippen LogP contribution >= 0.6 is 0 Å². The van der Waals surface area contributed by atoms with Gasteiger partial charge in [0.05, 0.1) is 6.04 Å². The number of nitrogens with two attached hydrogens (primary N) is 1. The van der Waals surface area contributed by atoms with Crippen molar-refractivity contribution in [2.24, 2.45) is 5.73 Å². The molecule has 0 heterocycles. The maximum Gasteiger partial charge on any atom is 0.220 e. The zero-order valence-corrected chi connectivity index (χ0v) is 11.5. The number of benzene rings is 2. The van der Waals surface area contributed by atoms with Crippen LogP contribution in [0.5, 0.6) is 0 Å². The van der Waals surface area contributed by atoms with Crippen LogP contribution in [0.3, 0.4) is 0 Å². The minimum absolute atomic E-state index is 0.0353. The highest BCUT2D eigenvalue weighted by Crippen LogP contribution is 2.21. The lowest BCUT2D eigenvalue weighted by molar-refractivity contribution is -0.121. The number of nitrogens with one attached hydrogen (secondary N) is 1. The molecule has 0 aliphatic carbocycles. The molecule has 3 heteroatoms. The maximum atomic E-state index is 12.0. The minimum atomic E-state index is -0.109. The first-order valence-electron chi connectivity index (χ1n) is 6.90. The van der Waals surface area contributed by atoms with Crippen molar-refractivity contribution < 1.29 is 4.79 Å². The minimum Gasteiger partial charge on any atom is -0.345 e. The third-order valence-electron chi connectivity index (χ3n) is 3.18. The molecule has 0 atom stereocenters. The summed E-state index contributed by atoms with van der Waals surface area (Å²) in [4.78, 5) is 12.0. The summed E-state index contributed by atoms with van der Waals surface area (Å²) in [5.74, 6) is 0.0353. The van der Waals surface area contributed by atoms with Crippen molar-refractivity contribution >= 4 is 5.91 Å². The van der Waals surface area contributed by atoms with Gasteiger partial charge in [-0.2, -0.15) is 0 Å². The topological polar surface area (TPSA) is 55.1 Å². The Morgan fingerprint density at radius 1 is 0.950 bits per heavy atom. The van der Waals surface area contributed by atoms with Crippen LogP contribution in [0.1, 0.15) is 30.0 Å². The molecular weight excluding hydrogens is 248 g/mol. The van der Waals surface area contributed by atoms with E-state index in [4.69, 9.17) is 5.73 Å². The second-order valence-corrected chi connectivity index (χ2v) is 4.71. The van der Waals surface area contributed by atoms with Crippen LogP contribution in [0.4, 0.5) is 0 Å².